The summed E-state index contributed by atoms with van der Waals surface area (Å²) < 4.78 is 11.2. The van der Waals surface area contributed by atoms with Crippen LogP contribution in [0.2, 0.25) is 0 Å². The fourth-order valence-electron chi connectivity index (χ4n) is 2.93. The van der Waals surface area contributed by atoms with Crippen LogP contribution in [0.25, 0.3) is 0 Å². The molecule has 2 aromatic rings. The summed E-state index contributed by atoms with van der Waals surface area (Å²) in [5, 5.41) is 2.80. The molecule has 2 aromatic carbocycles. The highest BCUT2D eigenvalue weighted by molar-refractivity contribution is 5.99. The van der Waals surface area contributed by atoms with Gasteiger partial charge in [-0.25, -0.2) is 0 Å². The maximum absolute atomic E-state index is 12.3. The molecule has 28 heavy (non-hydrogen) atoms. The third-order valence-corrected chi connectivity index (χ3v) is 4.32. The average Bonchev–Trinajstić information content (AvgIpc) is 2.64. The topological polar surface area (TPSA) is 67.9 Å². The molecule has 1 aliphatic rings. The summed E-state index contributed by atoms with van der Waals surface area (Å²) >= 11 is 0. The molecule has 0 spiro atoms. The molecule has 0 bridgehead atoms. The first-order chi connectivity index (χ1) is 13.3. The summed E-state index contributed by atoms with van der Waals surface area (Å²) in [5.74, 6) is 0.854. The summed E-state index contributed by atoms with van der Waals surface area (Å²) in [5.41, 5.74) is 4.17. The summed E-state index contributed by atoms with van der Waals surface area (Å²) in [4.78, 5) is 26.0. The van der Waals surface area contributed by atoms with Crippen LogP contribution in [-0.4, -0.2) is 31.6 Å². The van der Waals surface area contributed by atoms with Crippen molar-refractivity contribution in [3.63, 3.8) is 0 Å². The van der Waals surface area contributed by atoms with E-state index in [1.807, 2.05) is 39.0 Å². The fourth-order valence-corrected chi connectivity index (χ4v) is 2.93. The Bertz CT molecular complexity index is 936. The highest BCUT2D eigenvalue weighted by Crippen LogP contribution is 2.34. The smallest absolute Gasteiger partial charge is 0.265 e. The first-order valence-electron chi connectivity index (χ1n) is 9.05. The van der Waals surface area contributed by atoms with Gasteiger partial charge in [-0.3, -0.25) is 9.59 Å². The van der Waals surface area contributed by atoms with Crippen LogP contribution in [0.4, 0.5) is 11.4 Å². The molecule has 1 aliphatic heterocycles. The minimum Gasteiger partial charge on any atom is -0.483 e. The van der Waals surface area contributed by atoms with Gasteiger partial charge in [0.15, 0.2) is 13.2 Å². The van der Waals surface area contributed by atoms with Gasteiger partial charge in [0.2, 0.25) is 0 Å². The number of carbonyl (C=O) groups excluding carboxylic acids is 2. The van der Waals surface area contributed by atoms with E-state index in [1.165, 1.54) is 0 Å². The third kappa shape index (κ3) is 4.52. The van der Waals surface area contributed by atoms with Crippen LogP contribution in [0.15, 0.2) is 48.6 Å². The molecular formula is C22H24N2O4. The van der Waals surface area contributed by atoms with Gasteiger partial charge in [-0.05, 0) is 50.1 Å². The summed E-state index contributed by atoms with van der Waals surface area (Å²) in [6.45, 7) is 9.95. The molecule has 1 N–H and O–H groups in total. The molecule has 0 fully saturated rings. The van der Waals surface area contributed by atoms with Gasteiger partial charge in [0, 0.05) is 18.3 Å². The number of hydrogen-bond acceptors (Lipinski definition) is 4. The van der Waals surface area contributed by atoms with Crippen LogP contribution in [0, 0.1) is 13.8 Å². The lowest BCUT2D eigenvalue weighted by atomic mass is 10.1. The van der Waals surface area contributed by atoms with Gasteiger partial charge in [-0.1, -0.05) is 24.3 Å². The standard InChI is InChI=1S/C22H24N2O4/c1-14(2)11-24-18-8-7-17(10-20(18)28-13-22(24)26)23-21(25)12-27-19-9-15(3)5-6-16(19)4/h5-10H,1,11-13H2,2-4H3,(H,23,25). The number of carbonyl (C=O) groups is 2. The summed E-state index contributed by atoms with van der Waals surface area (Å²) in [6, 6.07) is 11.1. The third-order valence-electron chi connectivity index (χ3n) is 4.32. The number of fused-ring (bicyclic) bond motifs is 1. The number of hydrogen-bond donors (Lipinski definition) is 1. The van der Waals surface area contributed by atoms with E-state index in [2.05, 4.69) is 11.9 Å². The second-order valence-corrected chi connectivity index (χ2v) is 7.01. The van der Waals surface area contributed by atoms with E-state index in [9.17, 15) is 9.59 Å². The molecule has 0 saturated carbocycles. The van der Waals surface area contributed by atoms with Crippen molar-refractivity contribution >= 4 is 23.2 Å². The lowest BCUT2D eigenvalue weighted by molar-refractivity contribution is -0.121. The Balaban J connectivity index is 1.66. The minimum absolute atomic E-state index is 0.0343. The van der Waals surface area contributed by atoms with E-state index in [1.54, 1.807) is 23.1 Å². The molecule has 146 valence electrons. The molecule has 0 atom stereocenters. The van der Waals surface area contributed by atoms with Crippen molar-refractivity contribution in [3.05, 3.63) is 59.7 Å². The van der Waals surface area contributed by atoms with Gasteiger partial charge in [-0.15, -0.1) is 0 Å². The first-order valence-corrected chi connectivity index (χ1v) is 9.05. The van der Waals surface area contributed by atoms with Gasteiger partial charge in [0.1, 0.15) is 11.5 Å². The first kappa shape index (κ1) is 19.5. The molecule has 2 amide bonds. The van der Waals surface area contributed by atoms with Gasteiger partial charge in [0.25, 0.3) is 11.8 Å². The molecule has 0 aliphatic carbocycles. The largest absolute Gasteiger partial charge is 0.483 e. The molecule has 0 aromatic heterocycles. The number of aryl methyl sites for hydroxylation is 2. The lowest BCUT2D eigenvalue weighted by Crippen LogP contribution is -2.39. The Kier molecular flexibility index (Phi) is 5.68. The zero-order valence-corrected chi connectivity index (χ0v) is 16.4. The van der Waals surface area contributed by atoms with Crippen molar-refractivity contribution in [2.75, 3.05) is 30.0 Å². The van der Waals surface area contributed by atoms with Crippen molar-refractivity contribution in [2.45, 2.75) is 20.8 Å². The number of anilines is 2. The Morgan fingerprint density at radius 2 is 2.04 bits per heavy atom. The van der Waals surface area contributed by atoms with Gasteiger partial charge < -0.3 is 19.7 Å². The number of nitrogens with zero attached hydrogens (tertiary/aromatic N) is 1. The second-order valence-electron chi connectivity index (χ2n) is 7.01. The Morgan fingerprint density at radius 1 is 1.25 bits per heavy atom. The van der Waals surface area contributed by atoms with Crippen molar-refractivity contribution in [1.29, 1.82) is 0 Å². The number of benzene rings is 2. The predicted molar refractivity (Wildman–Crippen MR) is 109 cm³/mol. The Hall–Kier alpha value is -3.28. The van der Waals surface area contributed by atoms with E-state index in [0.717, 1.165) is 16.7 Å². The highest BCUT2D eigenvalue weighted by Gasteiger charge is 2.25. The quantitative estimate of drug-likeness (QED) is 0.777. The molecule has 6 nitrogen and oxygen atoms in total. The summed E-state index contributed by atoms with van der Waals surface area (Å²) in [6.07, 6.45) is 0. The van der Waals surface area contributed by atoms with E-state index in [0.29, 0.717) is 29.4 Å². The molecule has 6 heteroatoms. The maximum atomic E-state index is 12.3. The van der Waals surface area contributed by atoms with Gasteiger partial charge in [-0.2, -0.15) is 0 Å². The van der Waals surface area contributed by atoms with E-state index in [-0.39, 0.29) is 25.0 Å². The van der Waals surface area contributed by atoms with Crippen LogP contribution < -0.4 is 19.7 Å². The lowest BCUT2D eigenvalue weighted by Gasteiger charge is -2.29. The second kappa shape index (κ2) is 8.17. The van der Waals surface area contributed by atoms with Crippen molar-refractivity contribution in [3.8, 4) is 11.5 Å². The SMILES string of the molecule is C=C(C)CN1C(=O)COc2cc(NC(=O)COc3cc(C)ccc3C)ccc21. The maximum Gasteiger partial charge on any atom is 0.265 e. The van der Waals surface area contributed by atoms with Gasteiger partial charge in [0.05, 0.1) is 5.69 Å². The molecule has 0 radical (unpaired) electrons. The molecular weight excluding hydrogens is 356 g/mol. The zero-order chi connectivity index (χ0) is 20.3. The molecule has 1 heterocycles. The average molecular weight is 380 g/mol. The van der Waals surface area contributed by atoms with Crippen LogP contribution in [0.3, 0.4) is 0 Å². The van der Waals surface area contributed by atoms with Crippen LogP contribution in [0.1, 0.15) is 18.1 Å². The van der Waals surface area contributed by atoms with Crippen LogP contribution >= 0.6 is 0 Å². The zero-order valence-electron chi connectivity index (χ0n) is 16.4. The number of rotatable bonds is 6. The van der Waals surface area contributed by atoms with Crippen LogP contribution in [0.5, 0.6) is 11.5 Å². The normalized spacial score (nSPS) is 12.8. The van der Waals surface area contributed by atoms with Crippen molar-refractivity contribution < 1.29 is 19.1 Å². The molecule has 0 unspecified atom stereocenters. The van der Waals surface area contributed by atoms with E-state index < -0.39 is 0 Å². The summed E-state index contributed by atoms with van der Waals surface area (Å²) in [7, 11) is 0. The molecule has 0 saturated heterocycles. The van der Waals surface area contributed by atoms with E-state index >= 15 is 0 Å². The van der Waals surface area contributed by atoms with Crippen molar-refractivity contribution in [1.82, 2.24) is 0 Å². The highest BCUT2D eigenvalue weighted by atomic mass is 16.5. The Morgan fingerprint density at radius 3 is 2.79 bits per heavy atom. The number of amides is 2. The van der Waals surface area contributed by atoms with Crippen molar-refractivity contribution in [2.24, 2.45) is 0 Å². The monoisotopic (exact) mass is 380 g/mol. The number of ether oxygens (including phenoxy) is 2. The fraction of sp³-hybridized carbons (Fsp3) is 0.273. The van der Waals surface area contributed by atoms with E-state index in [4.69, 9.17) is 9.47 Å². The predicted octanol–water partition coefficient (Wildman–Crippen LogP) is 3.62. The van der Waals surface area contributed by atoms with Crippen LogP contribution in [-0.2, 0) is 9.59 Å². The Labute approximate surface area is 164 Å². The molecule has 3 rings (SSSR count). The minimum atomic E-state index is -0.272. The van der Waals surface area contributed by atoms with Gasteiger partial charge >= 0.3 is 0 Å². The number of nitrogens with one attached hydrogen (secondary N) is 1.